The Kier molecular flexibility index (Phi) is 4.20. The number of halogens is 1. The van der Waals surface area contributed by atoms with E-state index < -0.39 is 17.7 Å². The number of likely N-dealkylation sites (tertiary alicyclic amines) is 1. The van der Waals surface area contributed by atoms with Crippen molar-refractivity contribution in [2.24, 2.45) is 11.3 Å². The predicted octanol–water partition coefficient (Wildman–Crippen LogP) is 2.57. The number of fused-ring (bicyclic) bond motifs is 1. The van der Waals surface area contributed by atoms with Crippen LogP contribution in [0, 0.1) is 17.2 Å². The van der Waals surface area contributed by atoms with E-state index in [2.05, 4.69) is 10.1 Å². The van der Waals surface area contributed by atoms with Gasteiger partial charge in [-0.3, -0.25) is 9.59 Å². The number of nitrogens with zero attached hydrogens (tertiary/aromatic N) is 1. The van der Waals surface area contributed by atoms with Gasteiger partial charge in [-0.05, 0) is 55.2 Å². The highest BCUT2D eigenvalue weighted by Gasteiger charge is 2.52. The quantitative estimate of drug-likeness (QED) is 0.606. The lowest BCUT2D eigenvalue weighted by atomic mass is 9.85. The number of benzene rings is 1. The number of hydrogen-bond donors (Lipinski definition) is 1. The minimum absolute atomic E-state index is 0.101. The standard InChI is InChI=1S/C20H23FN2O4/c1-11-3-4-15(23(10-11)17(24)18(25)27-2)12-7-13-9-20(5-6-20)19(26)22-16(13)14(21)8-12/h7-8,11,15H,3-6,9-10H2,1-2H3,(H,22,26)/t11-,15?/m0/s1. The van der Waals surface area contributed by atoms with Gasteiger partial charge >= 0.3 is 11.9 Å². The molecule has 1 unspecified atom stereocenters. The summed E-state index contributed by atoms with van der Waals surface area (Å²) in [6.07, 6.45) is 3.69. The number of ether oxygens (including phenoxy) is 1. The molecule has 6 nitrogen and oxygen atoms in total. The van der Waals surface area contributed by atoms with Crippen LogP contribution in [0.25, 0.3) is 0 Å². The van der Waals surface area contributed by atoms with Crippen molar-refractivity contribution in [1.29, 1.82) is 0 Å². The Bertz CT molecular complexity index is 834. The van der Waals surface area contributed by atoms with Crippen molar-refractivity contribution in [2.75, 3.05) is 19.0 Å². The summed E-state index contributed by atoms with van der Waals surface area (Å²) in [5.41, 5.74) is 1.30. The first-order chi connectivity index (χ1) is 12.8. The van der Waals surface area contributed by atoms with E-state index in [1.54, 1.807) is 0 Å². The molecule has 2 aliphatic heterocycles. The van der Waals surface area contributed by atoms with E-state index in [4.69, 9.17) is 0 Å². The molecule has 1 saturated heterocycles. The van der Waals surface area contributed by atoms with Crippen LogP contribution in [0.4, 0.5) is 10.1 Å². The molecule has 0 bridgehead atoms. The highest BCUT2D eigenvalue weighted by molar-refractivity contribution is 6.32. The first kappa shape index (κ1) is 17.9. The van der Waals surface area contributed by atoms with E-state index in [0.717, 1.165) is 24.8 Å². The Hall–Kier alpha value is -2.44. The maximum atomic E-state index is 14.8. The van der Waals surface area contributed by atoms with Crippen LogP contribution in [0.1, 0.15) is 49.8 Å². The summed E-state index contributed by atoms with van der Waals surface area (Å²) in [5, 5.41) is 2.71. The first-order valence-electron chi connectivity index (χ1n) is 9.37. The van der Waals surface area contributed by atoms with Gasteiger partial charge in [-0.2, -0.15) is 0 Å². The molecule has 7 heteroatoms. The zero-order chi connectivity index (χ0) is 19.3. The molecule has 1 saturated carbocycles. The van der Waals surface area contributed by atoms with Crippen LogP contribution in [0.15, 0.2) is 12.1 Å². The van der Waals surface area contributed by atoms with E-state index >= 15 is 0 Å². The van der Waals surface area contributed by atoms with Gasteiger partial charge < -0.3 is 15.0 Å². The summed E-state index contributed by atoms with van der Waals surface area (Å²) < 4.78 is 19.3. The van der Waals surface area contributed by atoms with E-state index in [9.17, 15) is 18.8 Å². The first-order valence-corrected chi connectivity index (χ1v) is 9.37. The zero-order valence-electron chi connectivity index (χ0n) is 15.5. The normalized spacial score (nSPS) is 25.6. The molecule has 2 atom stereocenters. The molecule has 4 rings (SSSR count). The van der Waals surface area contributed by atoms with Gasteiger partial charge in [0.05, 0.1) is 24.3 Å². The molecule has 2 amide bonds. The number of methoxy groups -OCH3 is 1. The number of nitrogens with one attached hydrogen (secondary N) is 1. The Morgan fingerprint density at radius 2 is 2.04 bits per heavy atom. The summed E-state index contributed by atoms with van der Waals surface area (Å²) in [6.45, 7) is 2.45. The predicted molar refractivity (Wildman–Crippen MR) is 95.3 cm³/mol. The average Bonchev–Trinajstić information content (AvgIpc) is 3.42. The monoisotopic (exact) mass is 374 g/mol. The van der Waals surface area contributed by atoms with E-state index in [-0.39, 0.29) is 29.0 Å². The number of piperidine rings is 1. The lowest BCUT2D eigenvalue weighted by Crippen LogP contribution is -2.45. The van der Waals surface area contributed by atoms with Crippen molar-refractivity contribution < 1.29 is 23.5 Å². The lowest BCUT2D eigenvalue weighted by Gasteiger charge is -2.38. The van der Waals surface area contributed by atoms with Gasteiger partial charge in [-0.25, -0.2) is 9.18 Å². The highest BCUT2D eigenvalue weighted by atomic mass is 19.1. The zero-order valence-corrected chi connectivity index (χ0v) is 15.5. The molecule has 0 aromatic heterocycles. The van der Waals surface area contributed by atoms with Crippen molar-refractivity contribution in [1.82, 2.24) is 4.90 Å². The largest absolute Gasteiger partial charge is 0.462 e. The Labute approximate surface area is 157 Å². The number of anilines is 1. The average molecular weight is 374 g/mol. The number of hydrogen-bond acceptors (Lipinski definition) is 4. The van der Waals surface area contributed by atoms with Crippen molar-refractivity contribution in [3.05, 3.63) is 29.1 Å². The summed E-state index contributed by atoms with van der Waals surface area (Å²) in [4.78, 5) is 38.0. The van der Waals surface area contributed by atoms with Gasteiger partial charge in [0.15, 0.2) is 0 Å². The van der Waals surface area contributed by atoms with Gasteiger partial charge in [0.25, 0.3) is 0 Å². The molecule has 0 radical (unpaired) electrons. The Morgan fingerprint density at radius 1 is 1.30 bits per heavy atom. The van der Waals surface area contributed by atoms with Crippen LogP contribution in [-0.4, -0.2) is 36.3 Å². The number of esters is 1. The minimum atomic E-state index is -0.906. The van der Waals surface area contributed by atoms with Crippen LogP contribution < -0.4 is 5.32 Å². The van der Waals surface area contributed by atoms with Crippen molar-refractivity contribution in [3.63, 3.8) is 0 Å². The topological polar surface area (TPSA) is 75.7 Å². The second kappa shape index (κ2) is 6.32. The molecular weight excluding hydrogens is 351 g/mol. The van der Waals surface area contributed by atoms with E-state index in [1.807, 2.05) is 13.0 Å². The van der Waals surface area contributed by atoms with E-state index in [1.165, 1.54) is 18.1 Å². The third-order valence-corrected chi connectivity index (χ3v) is 6.12. The Balaban J connectivity index is 1.69. The smallest absolute Gasteiger partial charge is 0.396 e. The fourth-order valence-electron chi connectivity index (χ4n) is 4.33. The molecule has 3 aliphatic rings. The molecule has 1 aliphatic carbocycles. The van der Waals surface area contributed by atoms with Crippen LogP contribution in [0.3, 0.4) is 0 Å². The van der Waals surface area contributed by atoms with Crippen molar-refractivity contribution in [3.8, 4) is 0 Å². The fraction of sp³-hybridized carbons (Fsp3) is 0.550. The van der Waals surface area contributed by atoms with Crippen LogP contribution in [-0.2, 0) is 25.5 Å². The van der Waals surface area contributed by atoms with Gasteiger partial charge in [-0.15, -0.1) is 0 Å². The minimum Gasteiger partial charge on any atom is -0.462 e. The maximum Gasteiger partial charge on any atom is 0.396 e. The molecule has 1 N–H and O–H groups in total. The molecular formula is C20H23FN2O4. The third kappa shape index (κ3) is 2.99. The van der Waals surface area contributed by atoms with E-state index in [0.29, 0.717) is 24.9 Å². The number of amides is 2. The summed E-state index contributed by atoms with van der Waals surface area (Å²) in [5.74, 6) is -1.94. The summed E-state index contributed by atoms with van der Waals surface area (Å²) >= 11 is 0. The van der Waals surface area contributed by atoms with Gasteiger partial charge in [0.1, 0.15) is 5.82 Å². The second-order valence-corrected chi connectivity index (χ2v) is 8.10. The van der Waals surface area contributed by atoms with Crippen LogP contribution in [0.5, 0.6) is 0 Å². The third-order valence-electron chi connectivity index (χ3n) is 6.12. The fourth-order valence-corrected chi connectivity index (χ4v) is 4.33. The molecule has 27 heavy (non-hydrogen) atoms. The van der Waals surface area contributed by atoms with Crippen molar-refractivity contribution >= 4 is 23.5 Å². The lowest BCUT2D eigenvalue weighted by molar-refractivity contribution is -0.160. The van der Waals surface area contributed by atoms with Crippen molar-refractivity contribution in [2.45, 2.75) is 45.1 Å². The second-order valence-electron chi connectivity index (χ2n) is 8.10. The number of rotatable bonds is 1. The van der Waals surface area contributed by atoms with Crippen LogP contribution >= 0.6 is 0 Å². The molecule has 144 valence electrons. The maximum absolute atomic E-state index is 14.8. The molecule has 1 spiro atoms. The summed E-state index contributed by atoms with van der Waals surface area (Å²) in [7, 11) is 1.18. The SMILES string of the molecule is COC(=O)C(=O)N1C[C@@H](C)CCC1c1cc(F)c2c(c1)CC1(CC1)C(=O)N2. The van der Waals surface area contributed by atoms with Gasteiger partial charge in [-0.1, -0.05) is 13.0 Å². The van der Waals surface area contributed by atoms with Gasteiger partial charge in [0.2, 0.25) is 5.91 Å². The Morgan fingerprint density at radius 3 is 2.70 bits per heavy atom. The molecule has 2 heterocycles. The van der Waals surface area contributed by atoms with Gasteiger partial charge in [0, 0.05) is 6.54 Å². The molecule has 1 aromatic rings. The number of carbonyl (C=O) groups is 3. The number of carbonyl (C=O) groups excluding carboxylic acids is 3. The molecule has 1 aromatic carbocycles. The highest BCUT2D eigenvalue weighted by Crippen LogP contribution is 2.53. The van der Waals surface area contributed by atoms with Crippen LogP contribution in [0.2, 0.25) is 0 Å². The molecule has 2 fully saturated rings. The summed E-state index contributed by atoms with van der Waals surface area (Å²) in [6, 6.07) is 2.89.